The van der Waals surface area contributed by atoms with Crippen molar-refractivity contribution in [2.45, 2.75) is 19.4 Å². The van der Waals surface area contributed by atoms with Crippen molar-refractivity contribution in [1.82, 2.24) is 9.80 Å². The van der Waals surface area contributed by atoms with Gasteiger partial charge >= 0.3 is 0 Å². The maximum atomic E-state index is 13.4. The fraction of sp³-hybridized carbons (Fsp3) is 0.333. The highest BCUT2D eigenvalue weighted by Crippen LogP contribution is 2.30. The van der Waals surface area contributed by atoms with Crippen LogP contribution in [0.15, 0.2) is 59.2 Å². The molecule has 1 aromatic heterocycles. The van der Waals surface area contributed by atoms with Gasteiger partial charge in [-0.1, -0.05) is 24.3 Å². The van der Waals surface area contributed by atoms with Crippen molar-refractivity contribution >= 4 is 22.6 Å². The van der Waals surface area contributed by atoms with Crippen LogP contribution >= 0.6 is 0 Å². The summed E-state index contributed by atoms with van der Waals surface area (Å²) < 4.78 is 10.8. The number of fused-ring (bicyclic) bond motifs is 1. The summed E-state index contributed by atoms with van der Waals surface area (Å²) in [6, 6.07) is 15.1. The Morgan fingerprint density at radius 1 is 1.13 bits per heavy atom. The van der Waals surface area contributed by atoms with Crippen LogP contribution in [0.25, 0.3) is 10.8 Å². The fourth-order valence-corrected chi connectivity index (χ4v) is 4.20. The number of hydrogen-bond donors (Lipinski definition) is 0. The van der Waals surface area contributed by atoms with Gasteiger partial charge in [0.05, 0.1) is 25.8 Å². The first-order valence-corrected chi connectivity index (χ1v) is 10.2. The Hall–Kier alpha value is -3.28. The Labute approximate surface area is 176 Å². The third-order valence-electron chi connectivity index (χ3n) is 5.74. The number of carbonyl (C=O) groups is 2. The van der Waals surface area contributed by atoms with Crippen molar-refractivity contribution < 1.29 is 18.7 Å². The molecule has 2 aromatic carbocycles. The summed E-state index contributed by atoms with van der Waals surface area (Å²) in [6.45, 7) is 1.52. The second-order valence-electron chi connectivity index (χ2n) is 7.72. The van der Waals surface area contributed by atoms with Gasteiger partial charge in [-0.2, -0.15) is 0 Å². The third kappa shape index (κ3) is 3.90. The maximum Gasteiger partial charge on any atom is 0.254 e. The fourth-order valence-electron chi connectivity index (χ4n) is 4.20. The van der Waals surface area contributed by atoms with E-state index in [1.54, 1.807) is 30.2 Å². The van der Waals surface area contributed by atoms with Crippen LogP contribution in [0.2, 0.25) is 0 Å². The van der Waals surface area contributed by atoms with Crippen LogP contribution in [-0.2, 0) is 11.3 Å². The van der Waals surface area contributed by atoms with Crippen molar-refractivity contribution in [3.8, 4) is 5.75 Å². The molecule has 0 N–H and O–H groups in total. The van der Waals surface area contributed by atoms with E-state index >= 15 is 0 Å². The minimum Gasteiger partial charge on any atom is -0.496 e. The average Bonchev–Trinajstić information content (AvgIpc) is 3.30. The van der Waals surface area contributed by atoms with Gasteiger partial charge in [-0.15, -0.1) is 0 Å². The van der Waals surface area contributed by atoms with Gasteiger partial charge in [0.25, 0.3) is 5.91 Å². The van der Waals surface area contributed by atoms with E-state index in [9.17, 15) is 9.59 Å². The molecular weight excluding hydrogens is 380 g/mol. The molecule has 0 spiro atoms. The predicted molar refractivity (Wildman–Crippen MR) is 114 cm³/mol. The molecule has 156 valence electrons. The molecule has 1 unspecified atom stereocenters. The Morgan fingerprint density at radius 3 is 2.67 bits per heavy atom. The van der Waals surface area contributed by atoms with E-state index in [1.807, 2.05) is 48.5 Å². The second-order valence-corrected chi connectivity index (χ2v) is 7.72. The van der Waals surface area contributed by atoms with Gasteiger partial charge in [0, 0.05) is 31.1 Å². The smallest absolute Gasteiger partial charge is 0.254 e. The van der Waals surface area contributed by atoms with Gasteiger partial charge in [0.1, 0.15) is 11.5 Å². The summed E-state index contributed by atoms with van der Waals surface area (Å²) in [4.78, 5) is 29.8. The molecule has 4 rings (SSSR count). The normalized spacial score (nSPS) is 16.5. The standard InChI is InChI=1S/C24H26N2O4/c1-25(16-18-8-6-14-30-18)23(27)17-7-5-13-26(15-17)24(28)21-11-12-22(29-2)20-10-4-3-9-19(20)21/h3-4,6,8-12,14,17H,5,7,13,15-16H2,1-2H3. The molecule has 1 atom stereocenters. The molecule has 0 bridgehead atoms. The molecule has 0 aliphatic carbocycles. The van der Waals surface area contributed by atoms with E-state index in [1.165, 1.54) is 0 Å². The molecule has 1 aliphatic heterocycles. The van der Waals surface area contributed by atoms with E-state index in [0.717, 1.165) is 35.1 Å². The first-order chi connectivity index (χ1) is 14.6. The highest BCUT2D eigenvalue weighted by molar-refractivity contribution is 6.08. The Bertz CT molecular complexity index is 1040. The SMILES string of the molecule is COc1ccc(C(=O)N2CCCC(C(=O)N(C)Cc3ccco3)C2)c2ccccc12. The van der Waals surface area contributed by atoms with Crippen molar-refractivity contribution in [3.05, 3.63) is 66.1 Å². The van der Waals surface area contributed by atoms with Crippen LogP contribution in [0.1, 0.15) is 29.0 Å². The lowest BCUT2D eigenvalue weighted by Crippen LogP contribution is -2.45. The number of ether oxygens (including phenoxy) is 1. The van der Waals surface area contributed by atoms with E-state index in [2.05, 4.69) is 0 Å². The summed E-state index contributed by atoms with van der Waals surface area (Å²) in [5, 5.41) is 1.78. The molecule has 6 nitrogen and oxygen atoms in total. The number of furan rings is 1. The Morgan fingerprint density at radius 2 is 1.93 bits per heavy atom. The van der Waals surface area contributed by atoms with Gasteiger partial charge in [-0.25, -0.2) is 0 Å². The minimum absolute atomic E-state index is 0.0416. The maximum absolute atomic E-state index is 13.4. The lowest BCUT2D eigenvalue weighted by Gasteiger charge is -2.34. The van der Waals surface area contributed by atoms with Crippen molar-refractivity contribution in [2.75, 3.05) is 27.2 Å². The Kier molecular flexibility index (Phi) is 5.74. The molecule has 0 saturated carbocycles. The van der Waals surface area contributed by atoms with Crippen molar-refractivity contribution in [3.63, 3.8) is 0 Å². The molecule has 30 heavy (non-hydrogen) atoms. The van der Waals surface area contributed by atoms with E-state index in [4.69, 9.17) is 9.15 Å². The number of likely N-dealkylation sites (tertiary alicyclic amines) is 1. The molecule has 0 radical (unpaired) electrons. The summed E-state index contributed by atoms with van der Waals surface area (Å²) in [6.07, 6.45) is 3.20. The predicted octanol–water partition coefficient (Wildman–Crippen LogP) is 3.95. The third-order valence-corrected chi connectivity index (χ3v) is 5.74. The number of nitrogens with zero attached hydrogens (tertiary/aromatic N) is 2. The summed E-state index contributed by atoms with van der Waals surface area (Å²) in [5.41, 5.74) is 0.642. The van der Waals surface area contributed by atoms with Gasteiger partial charge < -0.3 is 19.0 Å². The molecular formula is C24H26N2O4. The summed E-state index contributed by atoms with van der Waals surface area (Å²) in [7, 11) is 3.41. The van der Waals surface area contributed by atoms with Crippen molar-refractivity contribution in [2.24, 2.45) is 5.92 Å². The van der Waals surface area contributed by atoms with Crippen LogP contribution in [0.5, 0.6) is 5.75 Å². The number of carbonyl (C=O) groups excluding carboxylic acids is 2. The molecule has 3 aromatic rings. The lowest BCUT2D eigenvalue weighted by atomic mass is 9.95. The van der Waals surface area contributed by atoms with E-state index in [-0.39, 0.29) is 17.7 Å². The zero-order valence-corrected chi connectivity index (χ0v) is 17.3. The molecule has 2 amide bonds. The van der Waals surface area contributed by atoms with Gasteiger partial charge in [0.2, 0.25) is 5.91 Å². The first-order valence-electron chi connectivity index (χ1n) is 10.2. The van der Waals surface area contributed by atoms with Crippen LogP contribution in [0.3, 0.4) is 0 Å². The first kappa shape index (κ1) is 20.0. The molecule has 1 saturated heterocycles. The zero-order valence-electron chi connectivity index (χ0n) is 17.3. The van der Waals surface area contributed by atoms with Gasteiger partial charge in [-0.3, -0.25) is 9.59 Å². The van der Waals surface area contributed by atoms with Crippen LogP contribution in [-0.4, -0.2) is 48.9 Å². The van der Waals surface area contributed by atoms with Gasteiger partial charge in [-0.05, 0) is 42.5 Å². The number of piperidine rings is 1. The topological polar surface area (TPSA) is 63.0 Å². The number of rotatable bonds is 5. The second kappa shape index (κ2) is 8.61. The van der Waals surface area contributed by atoms with Gasteiger partial charge in [0.15, 0.2) is 0 Å². The molecule has 2 heterocycles. The summed E-state index contributed by atoms with van der Waals surface area (Å²) >= 11 is 0. The van der Waals surface area contributed by atoms with Crippen molar-refractivity contribution in [1.29, 1.82) is 0 Å². The number of methoxy groups -OCH3 is 1. The van der Waals surface area contributed by atoms with E-state index < -0.39 is 0 Å². The average molecular weight is 406 g/mol. The molecule has 1 aliphatic rings. The Balaban J connectivity index is 1.51. The number of amides is 2. The zero-order chi connectivity index (χ0) is 21.1. The van der Waals surface area contributed by atoms with Crippen LogP contribution in [0, 0.1) is 5.92 Å². The van der Waals surface area contributed by atoms with Crippen LogP contribution in [0.4, 0.5) is 0 Å². The number of hydrogen-bond acceptors (Lipinski definition) is 4. The summed E-state index contributed by atoms with van der Waals surface area (Å²) in [5.74, 6) is 1.29. The molecule has 1 fully saturated rings. The van der Waals surface area contributed by atoms with Crippen LogP contribution < -0.4 is 4.74 Å². The highest BCUT2D eigenvalue weighted by Gasteiger charge is 2.31. The quantitative estimate of drug-likeness (QED) is 0.644. The van der Waals surface area contributed by atoms with E-state index in [0.29, 0.717) is 25.2 Å². The largest absolute Gasteiger partial charge is 0.496 e. The minimum atomic E-state index is -0.202. The highest BCUT2D eigenvalue weighted by atomic mass is 16.5. The monoisotopic (exact) mass is 406 g/mol. The molecule has 6 heteroatoms. The number of benzene rings is 2. The lowest BCUT2D eigenvalue weighted by molar-refractivity contribution is -0.136.